The lowest BCUT2D eigenvalue weighted by molar-refractivity contribution is -0.396. The lowest BCUT2D eigenvalue weighted by atomic mass is 9.33. The van der Waals surface area contributed by atoms with Crippen molar-refractivity contribution in [2.45, 2.75) is 258 Å². The quantitative estimate of drug-likeness (QED) is 0.0393. The molecule has 10 N–H and O–H groups in total. The van der Waals surface area contributed by atoms with Gasteiger partial charge in [-0.2, -0.15) is 0 Å². The Balaban J connectivity index is 1.08. The Morgan fingerprint density at radius 1 is 0.659 bits per heavy atom. The van der Waals surface area contributed by atoms with Crippen molar-refractivity contribution in [1.82, 2.24) is 0 Å². The Hall–Kier alpha value is -3.01. The summed E-state index contributed by atoms with van der Waals surface area (Å²) < 4.78 is 55.4. The molecule has 22 nitrogen and oxygen atoms in total. The van der Waals surface area contributed by atoms with Gasteiger partial charge in [0.1, 0.15) is 61.0 Å². The Labute approximate surface area is 481 Å². The third-order valence-electron chi connectivity index (χ3n) is 22.1. The van der Waals surface area contributed by atoms with Crippen LogP contribution in [0, 0.1) is 50.2 Å². The lowest BCUT2D eigenvalue weighted by Gasteiger charge is -2.73. The molecule has 4 saturated carbocycles. The van der Waals surface area contributed by atoms with Crippen molar-refractivity contribution in [3.8, 4) is 0 Å². The van der Waals surface area contributed by atoms with E-state index < -0.39 is 181 Å². The van der Waals surface area contributed by atoms with Crippen LogP contribution in [0.3, 0.4) is 0 Å². The van der Waals surface area contributed by atoms with Crippen LogP contribution < -0.4 is 0 Å². The molecule has 82 heavy (non-hydrogen) atoms. The van der Waals surface area contributed by atoms with Gasteiger partial charge in [0.05, 0.1) is 36.9 Å². The number of hydrogen-bond donors (Lipinski definition) is 10. The largest absolute Gasteiger partial charge is 0.459 e. The highest BCUT2D eigenvalue weighted by Gasteiger charge is 2.74. The van der Waals surface area contributed by atoms with Gasteiger partial charge in [-0.05, 0) is 131 Å². The second kappa shape index (κ2) is 23.9. The molecule has 0 amide bonds. The second-order valence-corrected chi connectivity index (χ2v) is 26.7. The summed E-state index contributed by atoms with van der Waals surface area (Å²) in [5.74, 6) is -2.59. The molecule has 3 saturated heterocycles. The number of rotatable bonds is 14. The van der Waals surface area contributed by atoms with E-state index in [0.717, 1.165) is 18.4 Å². The number of aliphatic hydroxyl groups is 10. The maximum atomic E-state index is 13.4. The number of hydrogen-bond acceptors (Lipinski definition) is 22. The summed E-state index contributed by atoms with van der Waals surface area (Å²) in [4.78, 5) is 39.9. The lowest BCUT2D eigenvalue weighted by Crippen LogP contribution is -2.73. The number of fused-ring (bicyclic) bond motifs is 7. The molecule has 3 aliphatic heterocycles. The van der Waals surface area contributed by atoms with Gasteiger partial charge in [0.2, 0.25) is 0 Å². The van der Waals surface area contributed by atoms with Crippen LogP contribution in [0.15, 0.2) is 34.9 Å². The van der Waals surface area contributed by atoms with Crippen molar-refractivity contribution in [2.24, 2.45) is 50.2 Å². The Morgan fingerprint density at radius 3 is 1.87 bits per heavy atom. The van der Waals surface area contributed by atoms with Crippen molar-refractivity contribution in [3.05, 3.63) is 34.9 Å². The van der Waals surface area contributed by atoms with Crippen LogP contribution in [0.4, 0.5) is 0 Å². The number of esters is 3. The second-order valence-electron chi connectivity index (χ2n) is 26.7. The molecular formula is C60H94O22. The smallest absolute Gasteiger partial charge is 0.333 e. The molecule has 8 aliphatic rings. The normalized spacial score (nSPS) is 49.4. The molecule has 3 heterocycles. The number of aliphatic hydroxyl groups excluding tert-OH is 10. The predicted octanol–water partition coefficient (Wildman–Crippen LogP) is 2.51. The van der Waals surface area contributed by atoms with Crippen LogP contribution in [0.2, 0.25) is 0 Å². The molecule has 0 aromatic heterocycles. The number of allylic oxidation sites excluding steroid dienone is 4. The first-order chi connectivity index (χ1) is 38.3. The van der Waals surface area contributed by atoms with Crippen LogP contribution >= 0.6 is 0 Å². The Bertz CT molecular complexity index is 2430. The van der Waals surface area contributed by atoms with Crippen molar-refractivity contribution < 1.29 is 108 Å². The average molecular weight is 1170 g/mol. The molecule has 0 aromatic carbocycles. The summed E-state index contributed by atoms with van der Waals surface area (Å²) in [6, 6.07) is 0. The standard InChI is InChI=1S/C60H94O22/c1-14-27(4)49(71)78-44-29(6)74-53(43(70)45(44)79-50(72)28(5)15-2)81-47-48(75-30(7)63)60(26-62)32(23-55(47,8)9)31-17-18-35-57(11)21-20-37(56(10,16-3)34(57)19-22-58(35,12)59(31,13)24-36(60)64)77-54-46(40(67)41(68)51(73)82-54)80-52-42(69)39(66)38(65)33(25-61)76-52/h14-15,17,29,32-48,51-54,61-62,64-70,73H,16,18-26H2,1-13H3. The zero-order chi connectivity index (χ0) is 60.7. The van der Waals surface area contributed by atoms with Gasteiger partial charge in [-0.15, -0.1) is 0 Å². The molecule has 22 heteroatoms. The van der Waals surface area contributed by atoms with Gasteiger partial charge >= 0.3 is 17.9 Å². The molecule has 7 fully saturated rings. The summed E-state index contributed by atoms with van der Waals surface area (Å²) in [7, 11) is 0. The van der Waals surface area contributed by atoms with Gasteiger partial charge in [-0.25, -0.2) is 9.59 Å². The fourth-order valence-electron chi connectivity index (χ4n) is 16.7. The van der Waals surface area contributed by atoms with E-state index in [9.17, 15) is 65.4 Å². The highest BCUT2D eigenvalue weighted by atomic mass is 16.8. The predicted molar refractivity (Wildman–Crippen MR) is 289 cm³/mol. The van der Waals surface area contributed by atoms with Crippen LogP contribution in [-0.4, -0.2) is 199 Å². The van der Waals surface area contributed by atoms with Gasteiger partial charge in [0.15, 0.2) is 37.4 Å². The topological polar surface area (TPSA) is 337 Å². The maximum absolute atomic E-state index is 13.4. The first-order valence-corrected chi connectivity index (χ1v) is 29.5. The summed E-state index contributed by atoms with van der Waals surface area (Å²) >= 11 is 0. The first-order valence-electron chi connectivity index (χ1n) is 29.5. The molecule has 5 aliphatic carbocycles. The minimum atomic E-state index is -1.88. The van der Waals surface area contributed by atoms with Crippen LogP contribution in [0.25, 0.3) is 0 Å². The monoisotopic (exact) mass is 1170 g/mol. The first kappa shape index (κ1) is 65.0. The molecule has 0 aromatic rings. The third kappa shape index (κ3) is 10.6. The highest BCUT2D eigenvalue weighted by Crippen LogP contribution is 2.76. The van der Waals surface area contributed by atoms with Crippen molar-refractivity contribution in [1.29, 1.82) is 0 Å². The van der Waals surface area contributed by atoms with Gasteiger partial charge < -0.3 is 93.7 Å². The molecule has 8 rings (SSSR count). The fraction of sp³-hybridized carbons (Fsp3) is 0.850. The summed E-state index contributed by atoms with van der Waals surface area (Å²) in [6.07, 6.45) is -18.4. The minimum Gasteiger partial charge on any atom is -0.459 e. The van der Waals surface area contributed by atoms with Crippen LogP contribution in [0.5, 0.6) is 0 Å². The highest BCUT2D eigenvalue weighted by molar-refractivity contribution is 5.88. The van der Waals surface area contributed by atoms with E-state index in [4.69, 9.17) is 42.6 Å². The molecule has 27 atom stereocenters. The maximum Gasteiger partial charge on any atom is 0.333 e. The summed E-state index contributed by atoms with van der Waals surface area (Å²) in [6.45, 7) is 23.0. The van der Waals surface area contributed by atoms with Crippen LogP contribution in [-0.2, 0) is 57.0 Å². The van der Waals surface area contributed by atoms with E-state index in [1.165, 1.54) is 6.92 Å². The zero-order valence-electron chi connectivity index (χ0n) is 49.9. The van der Waals surface area contributed by atoms with Crippen molar-refractivity contribution in [3.63, 3.8) is 0 Å². The third-order valence-corrected chi connectivity index (χ3v) is 22.1. The molecular weight excluding hydrogens is 1070 g/mol. The molecule has 0 spiro atoms. The minimum absolute atomic E-state index is 0.0362. The summed E-state index contributed by atoms with van der Waals surface area (Å²) in [5, 5.41) is 112. The van der Waals surface area contributed by atoms with Gasteiger partial charge in [-0.1, -0.05) is 72.3 Å². The Kier molecular flexibility index (Phi) is 19.0. The number of ether oxygens (including phenoxy) is 9. The van der Waals surface area contributed by atoms with E-state index >= 15 is 0 Å². The van der Waals surface area contributed by atoms with Crippen LogP contribution in [0.1, 0.15) is 141 Å². The van der Waals surface area contributed by atoms with E-state index in [-0.39, 0.29) is 34.8 Å². The molecule has 27 unspecified atom stereocenters. The van der Waals surface area contributed by atoms with E-state index in [2.05, 4.69) is 40.7 Å². The van der Waals surface area contributed by atoms with Crippen molar-refractivity contribution in [2.75, 3.05) is 13.2 Å². The average Bonchev–Trinajstić information content (AvgIpc) is 0.811. The number of carbonyl (C=O) groups is 3. The SMILES string of the molecule is CC=C(C)C(=O)OC1C(C)OC(OC2C(OC(C)=O)C3(CO)C(O)CC4(C)C(=CCC5C6(C)CCC(OC7OC(O)C(O)C(O)C7OC7OC(CO)C(O)C(O)C7O)C(C)(CC)C6CCC54C)C3CC2(C)C)C(O)C1OC(=O)C(C)=CC. The van der Waals surface area contributed by atoms with Gasteiger partial charge in [0, 0.05) is 18.1 Å². The summed E-state index contributed by atoms with van der Waals surface area (Å²) in [5.41, 5.74) is -2.80. The molecule has 466 valence electrons. The van der Waals surface area contributed by atoms with Gasteiger partial charge in [-0.3, -0.25) is 4.79 Å². The zero-order valence-corrected chi connectivity index (χ0v) is 49.9. The fourth-order valence-corrected chi connectivity index (χ4v) is 16.7. The number of carbonyl (C=O) groups excluding carboxylic acids is 3. The Morgan fingerprint density at radius 2 is 1.28 bits per heavy atom. The molecule has 0 bridgehead atoms. The van der Waals surface area contributed by atoms with E-state index in [1.807, 2.05) is 13.8 Å². The van der Waals surface area contributed by atoms with Gasteiger partial charge in [0.25, 0.3) is 0 Å². The van der Waals surface area contributed by atoms with Crippen molar-refractivity contribution >= 4 is 17.9 Å². The molecule has 0 radical (unpaired) electrons. The van der Waals surface area contributed by atoms with E-state index in [0.29, 0.717) is 32.1 Å². The van der Waals surface area contributed by atoms with E-state index in [1.54, 1.807) is 46.8 Å².